The predicted molar refractivity (Wildman–Crippen MR) is 266 cm³/mol. The van der Waals surface area contributed by atoms with Gasteiger partial charge in [0.1, 0.15) is 36.6 Å². The number of ether oxygens (including phenoxy) is 2. The molecule has 364 valence electrons. The Labute approximate surface area is 414 Å². The van der Waals surface area contributed by atoms with Crippen LogP contribution in [0.15, 0.2) is 66.2 Å². The number of nitrogens with one attached hydrogen (secondary N) is 2. The van der Waals surface area contributed by atoms with Crippen LogP contribution >= 0.6 is 22.9 Å². The number of likely N-dealkylation sites (tertiary alicyclic amines) is 1. The molecule has 15 heteroatoms. The second-order valence-corrected chi connectivity index (χ2v) is 22.1. The van der Waals surface area contributed by atoms with E-state index in [2.05, 4.69) is 61.2 Å². The van der Waals surface area contributed by atoms with Crippen LogP contribution in [0.2, 0.25) is 5.02 Å². The SMILES string of the molecule is Cc1ncsc1-c1ccc([C@H](C)NC(=O)[C@H]2C[C@@H](O)CN2C(=O)[C@@H](NC(=O)COCCCCC#Cc2ccc3c(c2)C(=O)N(C2C(C)(C)C(Oc4ccc(C#N)c(Cl)c4)C2(C)C)C3)C(C)(C)C)cc1. The van der Waals surface area contributed by atoms with Crippen molar-refractivity contribution in [3.63, 3.8) is 0 Å². The van der Waals surface area contributed by atoms with Crippen LogP contribution in [0.5, 0.6) is 5.75 Å². The molecule has 0 unspecified atom stereocenters. The number of nitrogens with zero attached hydrogens (tertiary/aromatic N) is 4. The molecular weight excluding hydrogens is 912 g/mol. The second kappa shape index (κ2) is 20.7. The molecule has 1 saturated heterocycles. The Morgan fingerprint density at radius 1 is 1.03 bits per heavy atom. The van der Waals surface area contributed by atoms with E-state index < -0.39 is 35.4 Å². The number of rotatable bonds is 15. The number of carbonyl (C=O) groups is 4. The number of fused-ring (bicyclic) bond motifs is 1. The maximum Gasteiger partial charge on any atom is 0.254 e. The van der Waals surface area contributed by atoms with Crippen LogP contribution in [0, 0.1) is 46.3 Å². The summed E-state index contributed by atoms with van der Waals surface area (Å²) in [7, 11) is 0. The van der Waals surface area contributed by atoms with Crippen molar-refractivity contribution >= 4 is 46.6 Å². The summed E-state index contributed by atoms with van der Waals surface area (Å²) in [6, 6.07) is 18.6. The van der Waals surface area contributed by atoms with Gasteiger partial charge in [0, 0.05) is 66.6 Å². The maximum atomic E-state index is 14.1. The van der Waals surface area contributed by atoms with Crippen molar-refractivity contribution < 1.29 is 33.8 Å². The van der Waals surface area contributed by atoms with Crippen molar-refractivity contribution in [2.75, 3.05) is 19.8 Å². The maximum absolute atomic E-state index is 14.1. The fraction of sp³-hybridized carbons (Fsp3) is 0.481. The molecule has 4 atom stereocenters. The molecule has 4 amide bonds. The summed E-state index contributed by atoms with van der Waals surface area (Å²) < 4.78 is 12.2. The average molecular weight is 976 g/mol. The van der Waals surface area contributed by atoms with Gasteiger partial charge in [-0.25, -0.2) is 4.98 Å². The summed E-state index contributed by atoms with van der Waals surface area (Å²) in [4.78, 5) is 63.6. The Kier molecular flexibility index (Phi) is 15.3. The number of halogens is 1. The minimum Gasteiger partial charge on any atom is -0.489 e. The number of amides is 4. The van der Waals surface area contributed by atoms with Crippen LogP contribution in [0.1, 0.15) is 125 Å². The van der Waals surface area contributed by atoms with Crippen LogP contribution in [0.3, 0.4) is 0 Å². The molecule has 0 spiro atoms. The first-order chi connectivity index (χ1) is 32.6. The zero-order valence-corrected chi connectivity index (χ0v) is 42.5. The lowest BCUT2D eigenvalue weighted by atomic mass is 9.49. The molecule has 1 aromatic heterocycles. The predicted octanol–water partition coefficient (Wildman–Crippen LogP) is 8.39. The number of aliphatic hydroxyl groups is 1. The van der Waals surface area contributed by atoms with Gasteiger partial charge in [-0.2, -0.15) is 5.26 Å². The van der Waals surface area contributed by atoms with E-state index in [1.54, 1.807) is 29.5 Å². The van der Waals surface area contributed by atoms with Gasteiger partial charge in [-0.15, -0.1) is 11.3 Å². The zero-order valence-electron chi connectivity index (χ0n) is 40.9. The minimum absolute atomic E-state index is 0.0201. The Balaban J connectivity index is 0.850. The summed E-state index contributed by atoms with van der Waals surface area (Å²) in [6.45, 7) is 18.4. The zero-order chi connectivity index (χ0) is 50.0. The van der Waals surface area contributed by atoms with Crippen LogP contribution in [-0.4, -0.2) is 93.6 Å². The summed E-state index contributed by atoms with van der Waals surface area (Å²) in [6.07, 6.45) is 0.998. The van der Waals surface area contributed by atoms with Gasteiger partial charge in [-0.1, -0.05) is 102 Å². The molecule has 3 N–H and O–H groups in total. The van der Waals surface area contributed by atoms with E-state index in [0.29, 0.717) is 47.9 Å². The third kappa shape index (κ3) is 11.0. The Morgan fingerprint density at radius 2 is 1.75 bits per heavy atom. The van der Waals surface area contributed by atoms with Crippen LogP contribution in [0.25, 0.3) is 10.4 Å². The van der Waals surface area contributed by atoms with Gasteiger partial charge in [0.05, 0.1) is 38.8 Å². The molecule has 1 aliphatic carbocycles. The third-order valence-electron chi connectivity index (χ3n) is 13.7. The summed E-state index contributed by atoms with van der Waals surface area (Å²) >= 11 is 7.86. The number of hydrogen-bond donors (Lipinski definition) is 3. The molecule has 13 nitrogen and oxygen atoms in total. The van der Waals surface area contributed by atoms with Crippen molar-refractivity contribution in [1.82, 2.24) is 25.4 Å². The smallest absolute Gasteiger partial charge is 0.254 e. The van der Waals surface area contributed by atoms with Crippen LogP contribution in [-0.2, 0) is 25.7 Å². The fourth-order valence-corrected chi connectivity index (χ4v) is 11.6. The van der Waals surface area contributed by atoms with Crippen molar-refractivity contribution in [2.45, 2.75) is 131 Å². The minimum atomic E-state index is -0.965. The largest absolute Gasteiger partial charge is 0.489 e. The van der Waals surface area contributed by atoms with E-state index in [-0.39, 0.29) is 60.4 Å². The number of unbranched alkanes of at least 4 members (excludes halogenated alkanes) is 2. The van der Waals surface area contributed by atoms with Crippen molar-refractivity contribution in [3.8, 4) is 34.1 Å². The van der Waals surface area contributed by atoms with Gasteiger partial charge in [-0.3, -0.25) is 19.2 Å². The highest BCUT2D eigenvalue weighted by molar-refractivity contribution is 7.13. The number of aliphatic hydroxyl groups excluding tert-OH is 1. The molecule has 0 bridgehead atoms. The van der Waals surface area contributed by atoms with Crippen molar-refractivity contribution in [1.29, 1.82) is 5.26 Å². The Morgan fingerprint density at radius 3 is 2.41 bits per heavy atom. The normalized spacial score (nSPS) is 21.0. The number of benzene rings is 3. The molecular formula is C54H63ClN6O7S. The monoisotopic (exact) mass is 974 g/mol. The van der Waals surface area contributed by atoms with Gasteiger partial charge in [0.25, 0.3) is 5.91 Å². The first-order valence-corrected chi connectivity index (χ1v) is 24.8. The average Bonchev–Trinajstić information content (AvgIpc) is 4.00. The number of hydrogen-bond acceptors (Lipinski definition) is 10. The lowest BCUT2D eigenvalue weighted by molar-refractivity contribution is -0.199. The first-order valence-electron chi connectivity index (χ1n) is 23.6. The Hall–Kier alpha value is -5.77. The fourth-order valence-electron chi connectivity index (χ4n) is 10.6. The van der Waals surface area contributed by atoms with E-state index in [4.69, 9.17) is 21.1 Å². The van der Waals surface area contributed by atoms with Crippen LogP contribution in [0.4, 0.5) is 0 Å². The lowest BCUT2D eigenvalue weighted by Crippen LogP contribution is -2.74. The van der Waals surface area contributed by atoms with Gasteiger partial charge >= 0.3 is 0 Å². The van der Waals surface area contributed by atoms with Crippen molar-refractivity contribution in [3.05, 3.63) is 105 Å². The molecule has 4 aromatic rings. The molecule has 1 saturated carbocycles. The van der Waals surface area contributed by atoms with Gasteiger partial charge in [-0.05, 0) is 73.1 Å². The van der Waals surface area contributed by atoms with Gasteiger partial charge < -0.3 is 35.0 Å². The summed E-state index contributed by atoms with van der Waals surface area (Å²) in [5.41, 5.74) is 6.06. The van der Waals surface area contributed by atoms with E-state index in [1.165, 1.54) is 4.90 Å². The molecule has 7 rings (SSSR count). The molecule has 3 aliphatic rings. The first kappa shape index (κ1) is 51.1. The molecule has 3 heterocycles. The van der Waals surface area contributed by atoms with E-state index >= 15 is 0 Å². The highest BCUT2D eigenvalue weighted by atomic mass is 35.5. The Bertz CT molecular complexity index is 2680. The number of β-amino-alcohol motifs (C(OH)–C–C–N with tert-alkyl or cyclic N) is 1. The van der Waals surface area contributed by atoms with Gasteiger partial charge in [0.15, 0.2) is 0 Å². The molecule has 0 radical (unpaired) electrons. The van der Waals surface area contributed by atoms with E-state index in [0.717, 1.165) is 39.2 Å². The quantitative estimate of drug-likeness (QED) is 0.0781. The molecule has 3 aromatic carbocycles. The van der Waals surface area contributed by atoms with Crippen LogP contribution < -0.4 is 15.4 Å². The number of aromatic nitrogens is 1. The van der Waals surface area contributed by atoms with Crippen molar-refractivity contribution in [2.24, 2.45) is 16.2 Å². The second-order valence-electron chi connectivity index (χ2n) is 20.8. The number of carbonyl (C=O) groups excluding carboxylic acids is 4. The van der Waals surface area contributed by atoms with E-state index in [9.17, 15) is 29.5 Å². The molecule has 2 fully saturated rings. The third-order valence-corrected chi connectivity index (χ3v) is 15.0. The van der Waals surface area contributed by atoms with Gasteiger partial charge in [0.2, 0.25) is 17.7 Å². The standard InChI is InChI=1S/C54H63ClN6O7S/c1-32(35-17-19-36(20-18-35)45-33(2)57-31-69-45)58-47(64)43-25-39(62)29-60(43)49(66)46(52(3,4)5)59-44(63)30-67-23-13-11-10-12-14-34-15-16-38-28-61(48(65)41(38)24-34)50-53(6,7)51(54(50,8)9)68-40-22-21-37(27-56)42(55)26-40/h15-22,24,26,31-32,39,43,46,50-51,62H,10-11,13,23,25,28-30H2,1-9H3,(H,58,64)(H,59,63)/t32-,39+,43+,46+,50?,51?/m0/s1. The lowest BCUT2D eigenvalue weighted by Gasteiger charge is -2.65. The van der Waals surface area contributed by atoms with E-state index in [1.807, 2.05) is 87.5 Å². The molecule has 69 heavy (non-hydrogen) atoms. The summed E-state index contributed by atoms with van der Waals surface area (Å²) in [5, 5.41) is 26.1. The number of aryl methyl sites for hydroxylation is 1. The summed E-state index contributed by atoms with van der Waals surface area (Å²) in [5.74, 6) is 5.72. The molecule has 2 aliphatic heterocycles. The number of nitriles is 1. The highest BCUT2D eigenvalue weighted by Crippen LogP contribution is 2.59. The highest BCUT2D eigenvalue weighted by Gasteiger charge is 2.67. The number of thiazole rings is 1. The topological polar surface area (TPSA) is 174 Å².